The first-order valence-corrected chi connectivity index (χ1v) is 7.41. The van der Waals surface area contributed by atoms with Crippen LogP contribution in [0.5, 0.6) is 0 Å². The van der Waals surface area contributed by atoms with Crippen molar-refractivity contribution in [2.24, 2.45) is 0 Å². The van der Waals surface area contributed by atoms with Crippen molar-refractivity contribution in [1.82, 2.24) is 5.32 Å². The van der Waals surface area contributed by atoms with Crippen molar-refractivity contribution in [2.75, 3.05) is 6.54 Å². The molecule has 0 aromatic heterocycles. The Morgan fingerprint density at radius 2 is 1.76 bits per heavy atom. The molecule has 0 saturated carbocycles. The molecule has 0 spiro atoms. The molecule has 2 aromatic carbocycles. The minimum Gasteiger partial charge on any atom is -0.306 e. The molecule has 1 atom stereocenters. The van der Waals surface area contributed by atoms with Crippen molar-refractivity contribution < 1.29 is 8.78 Å². The van der Waals surface area contributed by atoms with Crippen LogP contribution in [0.4, 0.5) is 8.78 Å². The van der Waals surface area contributed by atoms with E-state index in [4.69, 9.17) is 23.2 Å². The maximum Gasteiger partial charge on any atom is 0.126 e. The molecular formula is C16H15Cl2F2N. The van der Waals surface area contributed by atoms with Crippen LogP contribution in [-0.2, 0) is 0 Å². The van der Waals surface area contributed by atoms with Gasteiger partial charge in [-0.25, -0.2) is 8.78 Å². The molecule has 0 aliphatic rings. The Morgan fingerprint density at radius 3 is 2.38 bits per heavy atom. The Morgan fingerprint density at radius 1 is 1.10 bits per heavy atom. The first-order valence-electron chi connectivity index (χ1n) is 6.66. The zero-order valence-corrected chi connectivity index (χ0v) is 13.0. The summed E-state index contributed by atoms with van der Waals surface area (Å²) in [5.41, 5.74) is 1.17. The number of hydrogen-bond donors (Lipinski definition) is 1. The van der Waals surface area contributed by atoms with Gasteiger partial charge < -0.3 is 5.32 Å². The molecule has 1 unspecified atom stereocenters. The molecule has 0 aliphatic heterocycles. The monoisotopic (exact) mass is 329 g/mol. The highest BCUT2D eigenvalue weighted by atomic mass is 35.5. The minimum atomic E-state index is -0.619. The molecule has 112 valence electrons. The molecule has 1 nitrogen and oxygen atoms in total. The van der Waals surface area contributed by atoms with E-state index in [1.165, 1.54) is 12.1 Å². The molecule has 2 rings (SSSR count). The van der Waals surface area contributed by atoms with Crippen LogP contribution in [0.25, 0.3) is 0 Å². The molecule has 2 aromatic rings. The molecule has 5 heteroatoms. The van der Waals surface area contributed by atoms with Gasteiger partial charge in [0.25, 0.3) is 0 Å². The van der Waals surface area contributed by atoms with Gasteiger partial charge in [-0.3, -0.25) is 0 Å². The SMILES string of the molecule is CCCNC(c1cc(F)cc(F)c1)c1cccc(Cl)c1Cl. The highest BCUT2D eigenvalue weighted by Crippen LogP contribution is 2.33. The summed E-state index contributed by atoms with van der Waals surface area (Å²) in [6.45, 7) is 2.70. The summed E-state index contributed by atoms with van der Waals surface area (Å²) < 4.78 is 27.0. The first-order chi connectivity index (χ1) is 10.0. The van der Waals surface area contributed by atoms with E-state index in [-0.39, 0.29) is 0 Å². The molecule has 0 bridgehead atoms. The summed E-state index contributed by atoms with van der Waals surface area (Å²) >= 11 is 12.3. The van der Waals surface area contributed by atoms with Crippen LogP contribution >= 0.6 is 23.2 Å². The third kappa shape index (κ3) is 3.94. The second-order valence-corrected chi connectivity index (χ2v) is 5.52. The Labute approximate surface area is 132 Å². The Bertz CT molecular complexity index is 611. The van der Waals surface area contributed by atoms with Gasteiger partial charge in [0.05, 0.1) is 16.1 Å². The number of nitrogens with one attached hydrogen (secondary N) is 1. The molecule has 1 N–H and O–H groups in total. The van der Waals surface area contributed by atoms with Gasteiger partial charge in [0.1, 0.15) is 11.6 Å². The van der Waals surface area contributed by atoms with E-state index < -0.39 is 17.7 Å². The summed E-state index contributed by atoms with van der Waals surface area (Å²) in [6, 6.07) is 8.27. The quantitative estimate of drug-likeness (QED) is 0.778. The molecular weight excluding hydrogens is 315 g/mol. The van der Waals surface area contributed by atoms with Crippen LogP contribution in [0.2, 0.25) is 10.0 Å². The van der Waals surface area contributed by atoms with Crippen molar-refractivity contribution in [3.8, 4) is 0 Å². The van der Waals surface area contributed by atoms with Crippen molar-refractivity contribution in [3.63, 3.8) is 0 Å². The van der Waals surface area contributed by atoms with Crippen molar-refractivity contribution in [3.05, 3.63) is 69.2 Å². The summed E-state index contributed by atoms with van der Waals surface area (Å²) in [7, 11) is 0. The standard InChI is InChI=1S/C16H15Cl2F2N/c1-2-6-21-16(10-7-11(19)9-12(20)8-10)13-4-3-5-14(17)15(13)18/h3-5,7-9,16,21H,2,6H2,1H3. The minimum absolute atomic E-state index is 0.387. The maximum atomic E-state index is 13.5. The van der Waals surface area contributed by atoms with Gasteiger partial charge in [-0.2, -0.15) is 0 Å². The number of hydrogen-bond acceptors (Lipinski definition) is 1. The molecule has 0 saturated heterocycles. The van der Waals surface area contributed by atoms with Gasteiger partial charge in [-0.1, -0.05) is 42.3 Å². The average Bonchev–Trinajstić information content (AvgIpc) is 2.42. The second-order valence-electron chi connectivity index (χ2n) is 4.73. The van der Waals surface area contributed by atoms with Crippen LogP contribution < -0.4 is 5.32 Å². The van der Waals surface area contributed by atoms with E-state index in [1.54, 1.807) is 18.2 Å². The average molecular weight is 330 g/mol. The lowest BCUT2D eigenvalue weighted by atomic mass is 9.98. The van der Waals surface area contributed by atoms with E-state index in [0.717, 1.165) is 12.5 Å². The normalized spacial score (nSPS) is 12.4. The van der Waals surface area contributed by atoms with Crippen LogP contribution in [0.1, 0.15) is 30.5 Å². The van der Waals surface area contributed by atoms with E-state index in [1.807, 2.05) is 6.92 Å². The van der Waals surface area contributed by atoms with Crippen LogP contribution in [0.3, 0.4) is 0 Å². The number of rotatable bonds is 5. The fraction of sp³-hybridized carbons (Fsp3) is 0.250. The Hall–Kier alpha value is -1.16. The van der Waals surface area contributed by atoms with Crippen LogP contribution in [0, 0.1) is 11.6 Å². The summed E-state index contributed by atoms with van der Waals surface area (Å²) in [5, 5.41) is 4.05. The summed E-state index contributed by atoms with van der Waals surface area (Å²) in [5.74, 6) is -1.24. The Kier molecular flexibility index (Phi) is 5.57. The predicted molar refractivity (Wildman–Crippen MR) is 83.0 cm³/mol. The summed E-state index contributed by atoms with van der Waals surface area (Å²) in [6.07, 6.45) is 0.881. The van der Waals surface area contributed by atoms with Gasteiger partial charge >= 0.3 is 0 Å². The number of benzene rings is 2. The fourth-order valence-corrected chi connectivity index (χ4v) is 2.60. The lowest BCUT2D eigenvalue weighted by Gasteiger charge is -2.21. The smallest absolute Gasteiger partial charge is 0.126 e. The molecule has 0 heterocycles. The molecule has 0 fully saturated rings. The highest BCUT2D eigenvalue weighted by Gasteiger charge is 2.19. The largest absolute Gasteiger partial charge is 0.306 e. The van der Waals surface area contributed by atoms with Gasteiger partial charge in [0.15, 0.2) is 0 Å². The first kappa shape index (κ1) is 16.2. The molecule has 0 amide bonds. The molecule has 0 aliphatic carbocycles. The summed E-state index contributed by atoms with van der Waals surface area (Å²) in [4.78, 5) is 0. The van der Waals surface area contributed by atoms with Gasteiger partial charge in [0.2, 0.25) is 0 Å². The molecule has 0 radical (unpaired) electrons. The van der Waals surface area contributed by atoms with Crippen LogP contribution in [-0.4, -0.2) is 6.54 Å². The zero-order chi connectivity index (χ0) is 15.4. The van der Waals surface area contributed by atoms with Crippen LogP contribution in [0.15, 0.2) is 36.4 Å². The zero-order valence-electron chi connectivity index (χ0n) is 11.5. The van der Waals surface area contributed by atoms with E-state index in [2.05, 4.69) is 5.32 Å². The topological polar surface area (TPSA) is 12.0 Å². The highest BCUT2D eigenvalue weighted by molar-refractivity contribution is 6.42. The Balaban J connectivity index is 2.49. The second kappa shape index (κ2) is 7.21. The molecule has 21 heavy (non-hydrogen) atoms. The lowest BCUT2D eigenvalue weighted by molar-refractivity contribution is 0.558. The van der Waals surface area contributed by atoms with E-state index in [9.17, 15) is 8.78 Å². The predicted octanol–water partition coefficient (Wildman–Crippen LogP) is 5.36. The third-order valence-corrected chi connectivity index (χ3v) is 3.94. The van der Waals surface area contributed by atoms with Gasteiger partial charge in [-0.15, -0.1) is 0 Å². The van der Waals surface area contributed by atoms with Crippen molar-refractivity contribution >= 4 is 23.2 Å². The maximum absolute atomic E-state index is 13.5. The number of halogens is 4. The lowest BCUT2D eigenvalue weighted by Crippen LogP contribution is -2.23. The third-order valence-electron chi connectivity index (χ3n) is 3.11. The van der Waals surface area contributed by atoms with E-state index >= 15 is 0 Å². The van der Waals surface area contributed by atoms with Crippen molar-refractivity contribution in [2.45, 2.75) is 19.4 Å². The van der Waals surface area contributed by atoms with Gasteiger partial charge in [0, 0.05) is 6.07 Å². The van der Waals surface area contributed by atoms with Crippen molar-refractivity contribution in [1.29, 1.82) is 0 Å². The van der Waals surface area contributed by atoms with Gasteiger partial charge in [-0.05, 0) is 42.3 Å². The van der Waals surface area contributed by atoms with E-state index in [0.29, 0.717) is 27.7 Å². The fourth-order valence-electron chi connectivity index (χ4n) is 2.18.